The van der Waals surface area contributed by atoms with Crippen LogP contribution in [0.25, 0.3) is 0 Å². The molecule has 2 fully saturated rings. The Bertz CT molecular complexity index is 1090. The van der Waals surface area contributed by atoms with E-state index in [1.807, 2.05) is 12.1 Å². The average molecular weight is 476 g/mol. The molecule has 2 saturated carbocycles. The highest BCUT2D eigenvalue weighted by molar-refractivity contribution is 5.83. The second-order valence-electron chi connectivity index (χ2n) is 11.9. The van der Waals surface area contributed by atoms with Crippen LogP contribution < -0.4 is 10.1 Å². The average Bonchev–Trinajstić information content (AvgIpc) is 2.88. The number of phenols is 1. The summed E-state index contributed by atoms with van der Waals surface area (Å²) in [5, 5.41) is 13.7. The van der Waals surface area contributed by atoms with Gasteiger partial charge in [-0.1, -0.05) is 57.7 Å². The molecule has 0 spiro atoms. The van der Waals surface area contributed by atoms with Gasteiger partial charge in [-0.2, -0.15) is 0 Å². The summed E-state index contributed by atoms with van der Waals surface area (Å²) < 4.78 is 5.53. The van der Waals surface area contributed by atoms with E-state index in [0.717, 1.165) is 50.7 Å². The van der Waals surface area contributed by atoms with Gasteiger partial charge in [-0.15, -0.1) is 0 Å². The third kappa shape index (κ3) is 4.13. The third-order valence-electron chi connectivity index (χ3n) is 9.94. The molecular formula is C31H41NO3. The SMILES string of the molecule is COc1cccc(C2(CNC(=O)[C@]3(C)CCC[C@]4(C)c5cc(O)ccc5CC[C@@H]34)CCCCC2)c1. The number of rotatable bonds is 5. The van der Waals surface area contributed by atoms with Gasteiger partial charge in [-0.3, -0.25) is 4.79 Å². The van der Waals surface area contributed by atoms with Gasteiger partial charge in [0.25, 0.3) is 0 Å². The second kappa shape index (κ2) is 9.19. The zero-order chi connectivity index (χ0) is 24.7. The molecule has 3 aliphatic rings. The van der Waals surface area contributed by atoms with Crippen LogP contribution >= 0.6 is 0 Å². The molecule has 35 heavy (non-hydrogen) atoms. The highest BCUT2D eigenvalue weighted by Gasteiger charge is 2.55. The fraction of sp³-hybridized carbons (Fsp3) is 0.581. The molecule has 2 N–H and O–H groups in total. The molecule has 3 atom stereocenters. The number of nitrogens with one attached hydrogen (secondary N) is 1. The molecule has 0 unspecified atom stereocenters. The Morgan fingerprint density at radius 2 is 1.83 bits per heavy atom. The molecule has 0 aliphatic heterocycles. The number of carbonyl (C=O) groups is 1. The van der Waals surface area contributed by atoms with Gasteiger partial charge in [0, 0.05) is 12.0 Å². The van der Waals surface area contributed by atoms with Gasteiger partial charge in [0.2, 0.25) is 5.91 Å². The summed E-state index contributed by atoms with van der Waals surface area (Å²) in [6.07, 6.45) is 10.9. The summed E-state index contributed by atoms with van der Waals surface area (Å²) in [5.41, 5.74) is 3.38. The van der Waals surface area contributed by atoms with Crippen LogP contribution in [0.5, 0.6) is 11.5 Å². The molecule has 188 valence electrons. The minimum absolute atomic E-state index is 0.0261. The van der Waals surface area contributed by atoms with Gasteiger partial charge in [0.15, 0.2) is 0 Å². The molecule has 5 rings (SSSR count). The highest BCUT2D eigenvalue weighted by Crippen LogP contribution is 2.57. The molecule has 1 amide bonds. The van der Waals surface area contributed by atoms with Crippen molar-refractivity contribution < 1.29 is 14.6 Å². The van der Waals surface area contributed by atoms with E-state index in [0.29, 0.717) is 12.3 Å². The number of ether oxygens (including phenoxy) is 1. The molecular weight excluding hydrogens is 434 g/mol. The molecule has 3 aliphatic carbocycles. The molecule has 4 heteroatoms. The lowest BCUT2D eigenvalue weighted by Crippen LogP contribution is -2.56. The number of hydrogen-bond donors (Lipinski definition) is 2. The highest BCUT2D eigenvalue weighted by atomic mass is 16.5. The fourth-order valence-corrected chi connectivity index (χ4v) is 7.92. The third-order valence-corrected chi connectivity index (χ3v) is 9.94. The summed E-state index contributed by atoms with van der Waals surface area (Å²) in [5.74, 6) is 1.71. The van der Waals surface area contributed by atoms with Crippen molar-refractivity contribution in [3.05, 3.63) is 59.2 Å². The van der Waals surface area contributed by atoms with Crippen molar-refractivity contribution in [1.29, 1.82) is 0 Å². The Morgan fingerprint density at radius 3 is 2.60 bits per heavy atom. The minimum atomic E-state index is -0.402. The van der Waals surface area contributed by atoms with Crippen molar-refractivity contribution in [2.45, 2.75) is 88.9 Å². The summed E-state index contributed by atoms with van der Waals surface area (Å²) in [6, 6.07) is 14.3. The van der Waals surface area contributed by atoms with Gasteiger partial charge >= 0.3 is 0 Å². The van der Waals surface area contributed by atoms with Crippen molar-refractivity contribution in [2.75, 3.05) is 13.7 Å². The van der Waals surface area contributed by atoms with Crippen molar-refractivity contribution in [3.63, 3.8) is 0 Å². The normalized spacial score (nSPS) is 29.5. The van der Waals surface area contributed by atoms with E-state index < -0.39 is 5.41 Å². The van der Waals surface area contributed by atoms with Crippen LogP contribution in [0.2, 0.25) is 0 Å². The van der Waals surface area contributed by atoms with Crippen molar-refractivity contribution in [3.8, 4) is 11.5 Å². The number of aryl methyl sites for hydroxylation is 1. The molecule has 0 saturated heterocycles. The predicted octanol–water partition coefficient (Wildman–Crippen LogP) is 6.43. The van der Waals surface area contributed by atoms with Gasteiger partial charge in [-0.25, -0.2) is 0 Å². The minimum Gasteiger partial charge on any atom is -0.508 e. The van der Waals surface area contributed by atoms with E-state index in [-0.39, 0.29) is 22.7 Å². The number of methoxy groups -OCH3 is 1. The molecule has 0 bridgehead atoms. The Balaban J connectivity index is 1.40. The molecule has 2 aromatic rings. The number of carbonyl (C=O) groups excluding carboxylic acids is 1. The van der Waals surface area contributed by atoms with E-state index in [1.165, 1.54) is 36.0 Å². The van der Waals surface area contributed by atoms with Crippen molar-refractivity contribution in [2.24, 2.45) is 11.3 Å². The van der Waals surface area contributed by atoms with Crippen LogP contribution in [-0.4, -0.2) is 24.7 Å². The summed E-state index contributed by atoms with van der Waals surface area (Å²) in [7, 11) is 1.72. The predicted molar refractivity (Wildman–Crippen MR) is 140 cm³/mol. The van der Waals surface area contributed by atoms with E-state index in [4.69, 9.17) is 4.74 Å². The topological polar surface area (TPSA) is 58.6 Å². The van der Waals surface area contributed by atoms with Gasteiger partial charge in [0.1, 0.15) is 11.5 Å². The van der Waals surface area contributed by atoms with Crippen LogP contribution in [0.1, 0.15) is 88.3 Å². The first-order valence-corrected chi connectivity index (χ1v) is 13.6. The zero-order valence-electron chi connectivity index (χ0n) is 21.7. The number of amides is 1. The van der Waals surface area contributed by atoms with Crippen LogP contribution in [0, 0.1) is 11.3 Å². The summed E-state index contributed by atoms with van der Waals surface area (Å²) in [4.78, 5) is 14.1. The standard InChI is InChI=1S/C31H41NO3/c1-29-15-8-16-30(2,27(29)14-12-22-11-13-24(33)20-26(22)29)28(34)32-21-31(17-5-4-6-18-31)23-9-7-10-25(19-23)35-3/h7,9-11,13,19-20,27,33H,4-6,8,12,14-18,21H2,1-3H3,(H,32,34)/t27-,29-,30-/m1/s1. The van der Waals surface area contributed by atoms with Crippen LogP contribution in [0.4, 0.5) is 0 Å². The fourth-order valence-electron chi connectivity index (χ4n) is 7.92. The largest absolute Gasteiger partial charge is 0.508 e. The first-order valence-electron chi connectivity index (χ1n) is 13.6. The quantitative estimate of drug-likeness (QED) is 0.524. The Labute approximate surface area is 210 Å². The van der Waals surface area contributed by atoms with Crippen LogP contribution in [0.15, 0.2) is 42.5 Å². The lowest BCUT2D eigenvalue weighted by Gasteiger charge is -2.54. The van der Waals surface area contributed by atoms with Gasteiger partial charge < -0.3 is 15.2 Å². The van der Waals surface area contributed by atoms with E-state index in [9.17, 15) is 9.90 Å². The molecule has 0 radical (unpaired) electrons. The molecule has 0 aromatic heterocycles. The molecule has 4 nitrogen and oxygen atoms in total. The van der Waals surface area contributed by atoms with Crippen molar-refractivity contribution >= 4 is 5.91 Å². The lowest BCUT2D eigenvalue weighted by molar-refractivity contribution is -0.139. The first kappa shape index (κ1) is 24.2. The number of phenolic OH excluding ortho intramolecular Hbond substituents is 1. The number of hydrogen-bond acceptors (Lipinski definition) is 3. The number of aromatic hydroxyl groups is 1. The molecule has 2 aromatic carbocycles. The Kier molecular flexibility index (Phi) is 6.35. The maximum Gasteiger partial charge on any atom is 0.226 e. The van der Waals surface area contributed by atoms with Crippen molar-refractivity contribution in [1.82, 2.24) is 5.32 Å². The zero-order valence-corrected chi connectivity index (χ0v) is 21.7. The lowest BCUT2D eigenvalue weighted by atomic mass is 9.49. The Hall–Kier alpha value is -2.49. The van der Waals surface area contributed by atoms with E-state index in [2.05, 4.69) is 43.4 Å². The number of fused-ring (bicyclic) bond motifs is 3. The summed E-state index contributed by atoms with van der Waals surface area (Å²) in [6.45, 7) is 5.23. The van der Waals surface area contributed by atoms with Gasteiger partial charge in [0.05, 0.1) is 12.5 Å². The smallest absolute Gasteiger partial charge is 0.226 e. The molecule has 0 heterocycles. The van der Waals surface area contributed by atoms with Crippen LogP contribution in [0.3, 0.4) is 0 Å². The van der Waals surface area contributed by atoms with E-state index in [1.54, 1.807) is 13.2 Å². The monoisotopic (exact) mass is 475 g/mol. The number of benzene rings is 2. The summed E-state index contributed by atoms with van der Waals surface area (Å²) >= 11 is 0. The Morgan fingerprint density at radius 1 is 1.03 bits per heavy atom. The first-order chi connectivity index (χ1) is 16.8. The van der Waals surface area contributed by atoms with Crippen LogP contribution in [-0.2, 0) is 22.0 Å². The second-order valence-corrected chi connectivity index (χ2v) is 11.9. The van der Waals surface area contributed by atoms with Gasteiger partial charge in [-0.05, 0) is 90.8 Å². The van der Waals surface area contributed by atoms with E-state index >= 15 is 0 Å². The maximum absolute atomic E-state index is 14.1. The maximum atomic E-state index is 14.1.